The smallest absolute Gasteiger partial charge is 0.400 e. The van der Waals surface area contributed by atoms with Gasteiger partial charge in [-0.1, -0.05) is 37.7 Å². The van der Waals surface area contributed by atoms with E-state index in [2.05, 4.69) is 39.7 Å². The van der Waals surface area contributed by atoms with Crippen molar-refractivity contribution in [2.75, 3.05) is 0 Å². The van der Waals surface area contributed by atoms with Crippen LogP contribution in [0.2, 0.25) is 0 Å². The highest BCUT2D eigenvalue weighted by atomic mass is 16.7. The first-order chi connectivity index (χ1) is 7.91. The number of allylic oxidation sites excluding steroid dienone is 1. The molecule has 3 heteroatoms. The van der Waals surface area contributed by atoms with Gasteiger partial charge in [0.05, 0.1) is 11.2 Å². The molecule has 0 aromatic rings. The van der Waals surface area contributed by atoms with Crippen LogP contribution in [-0.2, 0) is 9.31 Å². The molecule has 1 aliphatic heterocycles. The minimum Gasteiger partial charge on any atom is -0.400 e. The van der Waals surface area contributed by atoms with E-state index in [1.807, 2.05) is 0 Å². The molecule has 1 aliphatic carbocycles. The van der Waals surface area contributed by atoms with Gasteiger partial charge in [0.15, 0.2) is 0 Å². The first-order valence-corrected chi connectivity index (χ1v) is 6.93. The lowest BCUT2D eigenvalue weighted by molar-refractivity contribution is 0.00578. The zero-order chi connectivity index (χ0) is 12.5. The monoisotopic (exact) mass is 236 g/mol. The highest BCUT2D eigenvalue weighted by Crippen LogP contribution is 2.37. The molecule has 0 N–H and O–H groups in total. The number of rotatable bonds is 3. The zero-order valence-electron chi connectivity index (χ0n) is 11.7. The average Bonchev–Trinajstić information content (AvgIpc) is 2.74. The van der Waals surface area contributed by atoms with Gasteiger partial charge in [-0.15, -0.1) is 0 Å². The molecule has 0 amide bonds. The molecule has 0 aromatic carbocycles. The summed E-state index contributed by atoms with van der Waals surface area (Å²) < 4.78 is 11.8. The maximum absolute atomic E-state index is 5.92. The molecule has 0 bridgehead atoms. The molecule has 2 rings (SSSR count). The van der Waals surface area contributed by atoms with E-state index in [1.165, 1.54) is 32.1 Å². The summed E-state index contributed by atoms with van der Waals surface area (Å²) in [7, 11) is -0.165. The van der Waals surface area contributed by atoms with E-state index in [1.54, 1.807) is 0 Å². The van der Waals surface area contributed by atoms with Crippen molar-refractivity contribution < 1.29 is 9.31 Å². The van der Waals surface area contributed by atoms with E-state index in [4.69, 9.17) is 9.31 Å². The van der Waals surface area contributed by atoms with Gasteiger partial charge < -0.3 is 9.31 Å². The van der Waals surface area contributed by atoms with E-state index in [0.717, 1.165) is 5.92 Å². The Bertz CT molecular complexity index is 275. The lowest BCUT2D eigenvalue weighted by atomic mass is 9.88. The van der Waals surface area contributed by atoms with E-state index in [0.29, 0.717) is 0 Å². The van der Waals surface area contributed by atoms with Crippen molar-refractivity contribution in [2.24, 2.45) is 5.92 Å². The van der Waals surface area contributed by atoms with Gasteiger partial charge in [-0.25, -0.2) is 0 Å². The van der Waals surface area contributed by atoms with Crippen molar-refractivity contribution in [1.82, 2.24) is 0 Å². The van der Waals surface area contributed by atoms with E-state index >= 15 is 0 Å². The second-order valence-electron chi connectivity index (χ2n) is 6.44. The van der Waals surface area contributed by atoms with Gasteiger partial charge in [-0.2, -0.15) is 0 Å². The summed E-state index contributed by atoms with van der Waals surface area (Å²) in [6, 6.07) is 0. The summed E-state index contributed by atoms with van der Waals surface area (Å²) in [5.74, 6) is 2.99. The fraction of sp³-hybridized carbons (Fsp3) is 0.857. The predicted octanol–water partition coefficient (Wildman–Crippen LogP) is 3.75. The molecule has 2 nitrogen and oxygen atoms in total. The Morgan fingerprint density at radius 2 is 1.59 bits per heavy atom. The molecular weight excluding hydrogens is 211 g/mol. The van der Waals surface area contributed by atoms with Crippen LogP contribution in [0.25, 0.3) is 0 Å². The van der Waals surface area contributed by atoms with Crippen LogP contribution in [0, 0.1) is 5.92 Å². The van der Waals surface area contributed by atoms with Gasteiger partial charge in [0.1, 0.15) is 0 Å². The first-order valence-electron chi connectivity index (χ1n) is 6.93. The maximum Gasteiger partial charge on any atom is 0.486 e. The van der Waals surface area contributed by atoms with Gasteiger partial charge in [0, 0.05) is 0 Å². The Kier molecular flexibility index (Phi) is 3.70. The molecule has 0 unspecified atom stereocenters. The molecule has 96 valence electrons. The summed E-state index contributed by atoms with van der Waals surface area (Å²) >= 11 is 0. The van der Waals surface area contributed by atoms with Crippen LogP contribution >= 0.6 is 0 Å². The fourth-order valence-corrected chi connectivity index (χ4v) is 2.60. The highest BCUT2D eigenvalue weighted by Gasteiger charge is 2.49. The standard InChI is InChI=1S/C14H25BO2/c1-13(2)14(3,4)17-15(16-13)11-7-10-12-8-5-6-9-12/h7,11-12H,5-6,8-10H2,1-4H3/b11-7+. The average molecular weight is 236 g/mol. The van der Waals surface area contributed by atoms with Crippen molar-refractivity contribution >= 4 is 7.12 Å². The van der Waals surface area contributed by atoms with E-state index in [9.17, 15) is 0 Å². The third-order valence-electron chi connectivity index (χ3n) is 4.51. The molecule has 17 heavy (non-hydrogen) atoms. The normalized spacial score (nSPS) is 28.4. The summed E-state index contributed by atoms with van der Waals surface area (Å²) in [6.07, 6.45) is 9.05. The van der Waals surface area contributed by atoms with Gasteiger partial charge in [0.25, 0.3) is 0 Å². The molecule has 2 fully saturated rings. The highest BCUT2D eigenvalue weighted by molar-refractivity contribution is 6.51. The largest absolute Gasteiger partial charge is 0.486 e. The van der Waals surface area contributed by atoms with Crippen LogP contribution in [-0.4, -0.2) is 18.3 Å². The summed E-state index contributed by atoms with van der Waals surface area (Å²) in [4.78, 5) is 0. The lowest BCUT2D eigenvalue weighted by Crippen LogP contribution is -2.41. The minimum absolute atomic E-state index is 0.165. The van der Waals surface area contributed by atoms with E-state index < -0.39 is 0 Å². The molecule has 0 atom stereocenters. The van der Waals surface area contributed by atoms with Crippen molar-refractivity contribution in [3.63, 3.8) is 0 Å². The molecule has 0 radical (unpaired) electrons. The Morgan fingerprint density at radius 3 is 2.12 bits per heavy atom. The summed E-state index contributed by atoms with van der Waals surface area (Å²) in [6.45, 7) is 8.38. The number of hydrogen-bond acceptors (Lipinski definition) is 2. The Hall–Kier alpha value is -0.275. The molecular formula is C14H25BO2. The molecule has 2 aliphatic rings. The second kappa shape index (κ2) is 4.77. The van der Waals surface area contributed by atoms with Crippen LogP contribution in [0.4, 0.5) is 0 Å². The Morgan fingerprint density at radius 1 is 1.06 bits per heavy atom. The quantitative estimate of drug-likeness (QED) is 0.694. The summed E-state index contributed by atoms with van der Waals surface area (Å²) in [5.41, 5.74) is -0.426. The third kappa shape index (κ3) is 2.94. The zero-order valence-corrected chi connectivity index (χ0v) is 11.7. The SMILES string of the molecule is CC1(C)OB(/C=C/CC2CCCC2)OC1(C)C. The molecule has 1 heterocycles. The Labute approximate surface area is 106 Å². The van der Waals surface area contributed by atoms with Crippen molar-refractivity contribution in [3.8, 4) is 0 Å². The summed E-state index contributed by atoms with van der Waals surface area (Å²) in [5, 5.41) is 0. The third-order valence-corrected chi connectivity index (χ3v) is 4.51. The van der Waals surface area contributed by atoms with Crippen molar-refractivity contribution in [2.45, 2.75) is 71.0 Å². The molecule has 1 saturated carbocycles. The van der Waals surface area contributed by atoms with Crippen LogP contribution in [0.1, 0.15) is 59.8 Å². The Balaban J connectivity index is 1.82. The van der Waals surface area contributed by atoms with E-state index in [-0.39, 0.29) is 18.3 Å². The van der Waals surface area contributed by atoms with Crippen molar-refractivity contribution in [1.29, 1.82) is 0 Å². The van der Waals surface area contributed by atoms with Crippen LogP contribution in [0.5, 0.6) is 0 Å². The predicted molar refractivity (Wildman–Crippen MR) is 71.8 cm³/mol. The molecule has 0 aromatic heterocycles. The number of hydrogen-bond donors (Lipinski definition) is 0. The lowest BCUT2D eigenvalue weighted by Gasteiger charge is -2.32. The van der Waals surface area contributed by atoms with Gasteiger partial charge in [0.2, 0.25) is 0 Å². The molecule has 0 spiro atoms. The maximum atomic E-state index is 5.92. The van der Waals surface area contributed by atoms with Gasteiger partial charge in [-0.3, -0.25) is 0 Å². The van der Waals surface area contributed by atoms with Gasteiger partial charge in [-0.05, 0) is 40.0 Å². The van der Waals surface area contributed by atoms with Crippen LogP contribution < -0.4 is 0 Å². The first kappa shape index (κ1) is 13.2. The molecule has 1 saturated heterocycles. The second-order valence-corrected chi connectivity index (χ2v) is 6.44. The van der Waals surface area contributed by atoms with Gasteiger partial charge >= 0.3 is 7.12 Å². The topological polar surface area (TPSA) is 18.5 Å². The fourth-order valence-electron chi connectivity index (χ4n) is 2.60. The minimum atomic E-state index is -0.213. The van der Waals surface area contributed by atoms with Crippen molar-refractivity contribution in [3.05, 3.63) is 12.1 Å². The van der Waals surface area contributed by atoms with Crippen LogP contribution in [0.3, 0.4) is 0 Å². The van der Waals surface area contributed by atoms with Crippen LogP contribution in [0.15, 0.2) is 12.1 Å².